The highest BCUT2D eigenvalue weighted by Gasteiger charge is 2.14. The van der Waals surface area contributed by atoms with Crippen molar-refractivity contribution in [3.8, 4) is 0 Å². The molecule has 104 valence electrons. The van der Waals surface area contributed by atoms with E-state index in [1.54, 1.807) is 6.92 Å². The molecule has 5 nitrogen and oxygen atoms in total. The van der Waals surface area contributed by atoms with Crippen LogP contribution >= 0.6 is 0 Å². The maximum Gasteiger partial charge on any atom is 0.240 e. The number of likely N-dealkylation sites (N-methyl/N-ethyl adjacent to an activating group) is 1. The van der Waals surface area contributed by atoms with Gasteiger partial charge in [0.05, 0.1) is 6.04 Å². The fraction of sp³-hybridized carbons (Fsp3) is 0.500. The molecule has 0 spiro atoms. The molecule has 1 aliphatic heterocycles. The smallest absolute Gasteiger partial charge is 0.240 e. The molecule has 1 aromatic rings. The predicted molar refractivity (Wildman–Crippen MR) is 78.4 cm³/mol. The molecular formula is C14H22N4O. The van der Waals surface area contributed by atoms with Crippen LogP contribution in [0.4, 0.5) is 11.4 Å². The highest BCUT2D eigenvalue weighted by molar-refractivity contribution is 5.94. The second-order valence-electron chi connectivity index (χ2n) is 5.12. The van der Waals surface area contributed by atoms with E-state index in [9.17, 15) is 4.79 Å². The van der Waals surface area contributed by atoms with Crippen LogP contribution in [-0.4, -0.2) is 50.1 Å². The van der Waals surface area contributed by atoms with Crippen LogP contribution < -0.4 is 16.0 Å². The Morgan fingerprint density at radius 3 is 2.32 bits per heavy atom. The lowest BCUT2D eigenvalue weighted by atomic mass is 10.2. The molecular weight excluding hydrogens is 240 g/mol. The van der Waals surface area contributed by atoms with Crippen LogP contribution in [0.5, 0.6) is 0 Å². The van der Waals surface area contributed by atoms with Crippen molar-refractivity contribution >= 4 is 17.3 Å². The van der Waals surface area contributed by atoms with Crippen LogP contribution in [0, 0.1) is 0 Å². The van der Waals surface area contributed by atoms with Gasteiger partial charge in [-0.15, -0.1) is 0 Å². The van der Waals surface area contributed by atoms with E-state index in [0.29, 0.717) is 0 Å². The summed E-state index contributed by atoms with van der Waals surface area (Å²) in [6, 6.07) is 7.45. The van der Waals surface area contributed by atoms with Gasteiger partial charge >= 0.3 is 0 Å². The minimum absolute atomic E-state index is 0.160. The number of piperazine rings is 1. The van der Waals surface area contributed by atoms with Crippen molar-refractivity contribution in [1.82, 2.24) is 4.90 Å². The minimum atomic E-state index is -0.489. The van der Waals surface area contributed by atoms with Gasteiger partial charge in [0, 0.05) is 37.6 Å². The number of hydrogen-bond acceptors (Lipinski definition) is 4. The van der Waals surface area contributed by atoms with E-state index in [-0.39, 0.29) is 5.91 Å². The third kappa shape index (κ3) is 3.68. The molecule has 0 aromatic heterocycles. The third-order valence-corrected chi connectivity index (χ3v) is 3.42. The largest absolute Gasteiger partial charge is 0.369 e. The van der Waals surface area contributed by atoms with Crippen molar-refractivity contribution in [1.29, 1.82) is 0 Å². The standard InChI is InChI=1S/C14H22N4O/c1-11(15)14(19)16-12-3-5-13(6-4-12)18-9-7-17(2)8-10-18/h3-6,11H,7-10,15H2,1-2H3,(H,16,19)/t11-/m1/s1. The molecule has 0 bridgehead atoms. The molecule has 2 rings (SSSR count). The van der Waals surface area contributed by atoms with Crippen LogP contribution in [0.3, 0.4) is 0 Å². The van der Waals surface area contributed by atoms with Crippen molar-refractivity contribution < 1.29 is 4.79 Å². The quantitative estimate of drug-likeness (QED) is 0.843. The molecule has 0 saturated carbocycles. The maximum absolute atomic E-state index is 11.5. The molecule has 5 heteroatoms. The minimum Gasteiger partial charge on any atom is -0.369 e. The normalized spacial score (nSPS) is 18.2. The summed E-state index contributed by atoms with van der Waals surface area (Å²) < 4.78 is 0. The van der Waals surface area contributed by atoms with Gasteiger partial charge in [-0.05, 0) is 38.2 Å². The van der Waals surface area contributed by atoms with Crippen molar-refractivity contribution in [2.45, 2.75) is 13.0 Å². The lowest BCUT2D eigenvalue weighted by molar-refractivity contribution is -0.117. The fourth-order valence-corrected chi connectivity index (χ4v) is 2.08. The van der Waals surface area contributed by atoms with Gasteiger partial charge < -0.3 is 20.9 Å². The van der Waals surface area contributed by atoms with E-state index < -0.39 is 6.04 Å². The number of benzene rings is 1. The fourth-order valence-electron chi connectivity index (χ4n) is 2.08. The van der Waals surface area contributed by atoms with Crippen LogP contribution in [0.1, 0.15) is 6.92 Å². The van der Waals surface area contributed by atoms with Gasteiger partial charge in [0.25, 0.3) is 0 Å². The molecule has 1 fully saturated rings. The monoisotopic (exact) mass is 262 g/mol. The lowest BCUT2D eigenvalue weighted by Crippen LogP contribution is -2.44. The number of carbonyl (C=O) groups is 1. The number of amides is 1. The van der Waals surface area contributed by atoms with Gasteiger partial charge in [-0.2, -0.15) is 0 Å². The summed E-state index contributed by atoms with van der Waals surface area (Å²) in [6.45, 7) is 5.93. The van der Waals surface area contributed by atoms with E-state index >= 15 is 0 Å². The Morgan fingerprint density at radius 1 is 1.21 bits per heavy atom. The van der Waals surface area contributed by atoms with Crippen LogP contribution in [0.2, 0.25) is 0 Å². The molecule has 1 atom stereocenters. The van der Waals surface area contributed by atoms with Crippen molar-refractivity contribution in [2.24, 2.45) is 5.73 Å². The average molecular weight is 262 g/mol. The topological polar surface area (TPSA) is 61.6 Å². The van der Waals surface area contributed by atoms with Gasteiger partial charge in [0.1, 0.15) is 0 Å². The Labute approximate surface area is 114 Å². The number of anilines is 2. The second-order valence-corrected chi connectivity index (χ2v) is 5.12. The summed E-state index contributed by atoms with van der Waals surface area (Å²) in [5.41, 5.74) is 7.51. The summed E-state index contributed by atoms with van der Waals surface area (Å²) in [5.74, 6) is -0.160. The number of hydrogen-bond donors (Lipinski definition) is 2. The summed E-state index contributed by atoms with van der Waals surface area (Å²) >= 11 is 0. The zero-order chi connectivity index (χ0) is 13.8. The van der Waals surface area contributed by atoms with Crippen LogP contribution in [-0.2, 0) is 4.79 Å². The van der Waals surface area contributed by atoms with Crippen molar-refractivity contribution in [3.63, 3.8) is 0 Å². The molecule has 0 aliphatic carbocycles. The van der Waals surface area contributed by atoms with E-state index in [1.807, 2.05) is 24.3 Å². The molecule has 3 N–H and O–H groups in total. The first-order chi connectivity index (χ1) is 9.06. The van der Waals surface area contributed by atoms with Gasteiger partial charge in [-0.1, -0.05) is 0 Å². The van der Waals surface area contributed by atoms with E-state index in [2.05, 4.69) is 22.2 Å². The first-order valence-electron chi connectivity index (χ1n) is 6.66. The number of carbonyl (C=O) groups excluding carboxylic acids is 1. The SMILES string of the molecule is C[C@@H](N)C(=O)Nc1ccc(N2CCN(C)CC2)cc1. The van der Waals surface area contributed by atoms with Crippen molar-refractivity contribution in [2.75, 3.05) is 43.4 Å². The Balaban J connectivity index is 1.96. The third-order valence-electron chi connectivity index (χ3n) is 3.42. The molecule has 0 radical (unpaired) electrons. The molecule has 1 aliphatic rings. The Kier molecular flexibility index (Phi) is 4.39. The van der Waals surface area contributed by atoms with E-state index in [1.165, 1.54) is 5.69 Å². The first kappa shape index (κ1) is 13.8. The van der Waals surface area contributed by atoms with Gasteiger partial charge in [0.15, 0.2) is 0 Å². The number of rotatable bonds is 3. The maximum atomic E-state index is 11.5. The van der Waals surface area contributed by atoms with Crippen LogP contribution in [0.25, 0.3) is 0 Å². The number of nitrogens with zero attached hydrogens (tertiary/aromatic N) is 2. The molecule has 1 amide bonds. The Bertz CT molecular complexity index is 422. The number of nitrogens with one attached hydrogen (secondary N) is 1. The Hall–Kier alpha value is -1.59. The summed E-state index contributed by atoms with van der Waals surface area (Å²) in [4.78, 5) is 16.2. The van der Waals surface area contributed by atoms with E-state index in [0.717, 1.165) is 31.9 Å². The average Bonchev–Trinajstić information content (AvgIpc) is 2.40. The van der Waals surface area contributed by atoms with Gasteiger partial charge in [0.2, 0.25) is 5.91 Å². The summed E-state index contributed by atoms with van der Waals surface area (Å²) in [6.07, 6.45) is 0. The zero-order valence-electron chi connectivity index (χ0n) is 11.6. The van der Waals surface area contributed by atoms with Crippen LogP contribution in [0.15, 0.2) is 24.3 Å². The highest BCUT2D eigenvalue weighted by Crippen LogP contribution is 2.19. The van der Waals surface area contributed by atoms with E-state index in [4.69, 9.17) is 5.73 Å². The van der Waals surface area contributed by atoms with Crippen molar-refractivity contribution in [3.05, 3.63) is 24.3 Å². The molecule has 1 aromatic carbocycles. The lowest BCUT2D eigenvalue weighted by Gasteiger charge is -2.34. The molecule has 1 heterocycles. The first-order valence-corrected chi connectivity index (χ1v) is 6.66. The summed E-state index contributed by atoms with van der Waals surface area (Å²) in [5, 5.41) is 2.79. The zero-order valence-corrected chi connectivity index (χ0v) is 11.6. The molecule has 19 heavy (non-hydrogen) atoms. The number of nitrogens with two attached hydrogens (primary N) is 1. The van der Waals surface area contributed by atoms with Gasteiger partial charge in [-0.3, -0.25) is 4.79 Å². The molecule has 1 saturated heterocycles. The predicted octanol–water partition coefficient (Wildman–Crippen LogP) is 0.724. The molecule has 0 unspecified atom stereocenters. The highest BCUT2D eigenvalue weighted by atomic mass is 16.2. The van der Waals surface area contributed by atoms with Gasteiger partial charge in [-0.25, -0.2) is 0 Å². The second kappa shape index (κ2) is 6.04. The summed E-state index contributed by atoms with van der Waals surface area (Å²) in [7, 11) is 2.14. The Morgan fingerprint density at radius 2 is 1.79 bits per heavy atom.